The zero-order valence-electron chi connectivity index (χ0n) is 10.8. The number of nitrogens with zero attached hydrogens (tertiary/aromatic N) is 1. The molecule has 1 aliphatic heterocycles. The van der Waals surface area contributed by atoms with E-state index >= 15 is 0 Å². The Bertz CT molecular complexity index is 370. The minimum atomic E-state index is 0.442. The Morgan fingerprint density at radius 3 is 2.71 bits per heavy atom. The molecule has 3 heteroatoms. The Balaban J connectivity index is 2.03. The molecule has 2 N–H and O–H groups in total. The smallest absolute Gasteiger partial charge is 0.0608 e. The lowest BCUT2D eigenvalue weighted by atomic mass is 10.0. The summed E-state index contributed by atoms with van der Waals surface area (Å²) in [7, 11) is 0. The van der Waals surface area contributed by atoms with E-state index in [2.05, 4.69) is 24.8 Å². The maximum atomic E-state index is 5.95. The van der Waals surface area contributed by atoms with Crippen molar-refractivity contribution in [1.29, 1.82) is 0 Å². The third-order valence-electron chi connectivity index (χ3n) is 3.53. The van der Waals surface area contributed by atoms with Crippen LogP contribution in [0.15, 0.2) is 18.2 Å². The highest BCUT2D eigenvalue weighted by molar-refractivity contribution is 5.64. The van der Waals surface area contributed by atoms with Crippen molar-refractivity contribution < 1.29 is 4.74 Å². The first-order valence-corrected chi connectivity index (χ1v) is 6.44. The number of rotatable bonds is 3. The standard InChI is InChI=1S/C14H22N2O/c1-3-17-12-7-9-16(10-8-12)14-6-4-5-13(15)11(14)2/h4-6,12H,3,7-10,15H2,1-2H3. The number of nitrogens with two attached hydrogens (primary N) is 1. The zero-order chi connectivity index (χ0) is 12.3. The molecule has 1 saturated heterocycles. The summed E-state index contributed by atoms with van der Waals surface area (Å²) in [6, 6.07) is 6.16. The monoisotopic (exact) mass is 234 g/mol. The van der Waals surface area contributed by atoms with Gasteiger partial charge in [0.25, 0.3) is 0 Å². The highest BCUT2D eigenvalue weighted by atomic mass is 16.5. The van der Waals surface area contributed by atoms with Crippen LogP contribution in [0.3, 0.4) is 0 Å². The minimum absolute atomic E-state index is 0.442. The number of nitrogen functional groups attached to an aromatic ring is 1. The van der Waals surface area contributed by atoms with Crippen molar-refractivity contribution in [3.63, 3.8) is 0 Å². The van der Waals surface area contributed by atoms with Crippen LogP contribution < -0.4 is 10.6 Å². The van der Waals surface area contributed by atoms with Crippen LogP contribution >= 0.6 is 0 Å². The van der Waals surface area contributed by atoms with Crippen molar-refractivity contribution in [2.45, 2.75) is 32.8 Å². The van der Waals surface area contributed by atoms with Gasteiger partial charge in [-0.25, -0.2) is 0 Å². The molecule has 3 nitrogen and oxygen atoms in total. The van der Waals surface area contributed by atoms with Gasteiger partial charge in [0.05, 0.1) is 6.10 Å². The summed E-state index contributed by atoms with van der Waals surface area (Å²) in [6.07, 6.45) is 2.67. The molecule has 1 fully saturated rings. The van der Waals surface area contributed by atoms with Gasteiger partial charge in [0.1, 0.15) is 0 Å². The van der Waals surface area contributed by atoms with Gasteiger partial charge in [0.2, 0.25) is 0 Å². The Hall–Kier alpha value is -1.22. The molecule has 0 saturated carbocycles. The van der Waals surface area contributed by atoms with Gasteiger partial charge in [-0.05, 0) is 44.4 Å². The quantitative estimate of drug-likeness (QED) is 0.817. The van der Waals surface area contributed by atoms with E-state index in [0.29, 0.717) is 6.10 Å². The first kappa shape index (κ1) is 12.2. The lowest BCUT2D eigenvalue weighted by molar-refractivity contribution is 0.0459. The second kappa shape index (κ2) is 5.41. The molecule has 0 spiro atoms. The van der Waals surface area contributed by atoms with Crippen molar-refractivity contribution in [1.82, 2.24) is 0 Å². The van der Waals surface area contributed by atoms with Gasteiger partial charge in [-0.3, -0.25) is 0 Å². The lowest BCUT2D eigenvalue weighted by Crippen LogP contribution is -2.37. The van der Waals surface area contributed by atoms with E-state index in [9.17, 15) is 0 Å². The van der Waals surface area contributed by atoms with Crippen LogP contribution in [0, 0.1) is 6.92 Å². The van der Waals surface area contributed by atoms with E-state index < -0.39 is 0 Å². The molecular formula is C14H22N2O. The fraction of sp³-hybridized carbons (Fsp3) is 0.571. The highest BCUT2D eigenvalue weighted by Gasteiger charge is 2.20. The maximum absolute atomic E-state index is 5.95. The summed E-state index contributed by atoms with van der Waals surface area (Å²) in [5.41, 5.74) is 9.31. The lowest BCUT2D eigenvalue weighted by Gasteiger charge is -2.34. The van der Waals surface area contributed by atoms with Crippen molar-refractivity contribution in [2.75, 3.05) is 30.3 Å². The number of piperidine rings is 1. The fourth-order valence-corrected chi connectivity index (χ4v) is 2.48. The van der Waals surface area contributed by atoms with Crippen LogP contribution in [0.4, 0.5) is 11.4 Å². The van der Waals surface area contributed by atoms with Crippen LogP contribution in [0.5, 0.6) is 0 Å². The van der Waals surface area contributed by atoms with Crippen molar-refractivity contribution in [2.24, 2.45) is 0 Å². The first-order chi connectivity index (χ1) is 8.22. The zero-order valence-corrected chi connectivity index (χ0v) is 10.8. The van der Waals surface area contributed by atoms with Crippen molar-refractivity contribution >= 4 is 11.4 Å². The SMILES string of the molecule is CCOC1CCN(c2cccc(N)c2C)CC1. The molecule has 0 radical (unpaired) electrons. The summed E-state index contributed by atoms with van der Waals surface area (Å²) in [6.45, 7) is 7.11. The molecule has 0 amide bonds. The maximum Gasteiger partial charge on any atom is 0.0608 e. The van der Waals surface area contributed by atoms with Gasteiger partial charge in [0, 0.05) is 31.1 Å². The largest absolute Gasteiger partial charge is 0.398 e. The second-order valence-corrected chi connectivity index (χ2v) is 4.63. The number of benzene rings is 1. The van der Waals surface area contributed by atoms with E-state index in [1.807, 2.05) is 12.1 Å². The summed E-state index contributed by atoms with van der Waals surface area (Å²) in [5, 5.41) is 0. The summed E-state index contributed by atoms with van der Waals surface area (Å²) in [5.74, 6) is 0. The molecule has 17 heavy (non-hydrogen) atoms. The number of anilines is 2. The first-order valence-electron chi connectivity index (χ1n) is 6.44. The summed E-state index contributed by atoms with van der Waals surface area (Å²) in [4.78, 5) is 2.42. The molecule has 1 heterocycles. The normalized spacial score (nSPS) is 17.4. The van der Waals surface area contributed by atoms with E-state index in [1.165, 1.54) is 11.3 Å². The summed E-state index contributed by atoms with van der Waals surface area (Å²) < 4.78 is 5.67. The topological polar surface area (TPSA) is 38.5 Å². The van der Waals surface area contributed by atoms with E-state index in [-0.39, 0.29) is 0 Å². The molecule has 0 atom stereocenters. The Morgan fingerprint density at radius 2 is 2.06 bits per heavy atom. The van der Waals surface area contributed by atoms with Crippen LogP contribution in [0.2, 0.25) is 0 Å². The van der Waals surface area contributed by atoms with Crippen LogP contribution in [0.1, 0.15) is 25.3 Å². The predicted molar refractivity (Wildman–Crippen MR) is 72.5 cm³/mol. The van der Waals surface area contributed by atoms with Crippen LogP contribution in [0.25, 0.3) is 0 Å². The summed E-state index contributed by atoms with van der Waals surface area (Å²) >= 11 is 0. The molecule has 0 aliphatic carbocycles. The Kier molecular flexibility index (Phi) is 3.89. The molecule has 1 aliphatic rings. The molecule has 0 unspecified atom stereocenters. The van der Waals surface area contributed by atoms with E-state index in [0.717, 1.165) is 38.2 Å². The van der Waals surface area contributed by atoms with Gasteiger partial charge in [-0.2, -0.15) is 0 Å². The van der Waals surface area contributed by atoms with E-state index in [1.54, 1.807) is 0 Å². The average Bonchev–Trinajstić information content (AvgIpc) is 2.34. The molecule has 94 valence electrons. The van der Waals surface area contributed by atoms with Gasteiger partial charge < -0.3 is 15.4 Å². The van der Waals surface area contributed by atoms with Crippen molar-refractivity contribution in [3.8, 4) is 0 Å². The number of ether oxygens (including phenoxy) is 1. The molecule has 0 aromatic heterocycles. The molecule has 0 bridgehead atoms. The molecular weight excluding hydrogens is 212 g/mol. The van der Waals surface area contributed by atoms with Crippen LogP contribution in [-0.4, -0.2) is 25.8 Å². The highest BCUT2D eigenvalue weighted by Crippen LogP contribution is 2.27. The third-order valence-corrected chi connectivity index (χ3v) is 3.53. The van der Waals surface area contributed by atoms with Crippen molar-refractivity contribution in [3.05, 3.63) is 23.8 Å². The molecule has 1 aromatic carbocycles. The van der Waals surface area contributed by atoms with Gasteiger partial charge in [-0.15, -0.1) is 0 Å². The predicted octanol–water partition coefficient (Wildman–Crippen LogP) is 2.58. The van der Waals surface area contributed by atoms with Crippen LogP contribution in [-0.2, 0) is 4.74 Å². The molecule has 2 rings (SSSR count). The number of hydrogen-bond acceptors (Lipinski definition) is 3. The minimum Gasteiger partial charge on any atom is -0.398 e. The van der Waals surface area contributed by atoms with Gasteiger partial charge in [-0.1, -0.05) is 6.07 Å². The molecule has 1 aromatic rings. The average molecular weight is 234 g/mol. The second-order valence-electron chi connectivity index (χ2n) is 4.63. The van der Waals surface area contributed by atoms with Gasteiger partial charge >= 0.3 is 0 Å². The Labute approximate surface area is 104 Å². The third kappa shape index (κ3) is 2.72. The Morgan fingerprint density at radius 1 is 1.35 bits per heavy atom. The fourth-order valence-electron chi connectivity index (χ4n) is 2.48. The van der Waals surface area contributed by atoms with Gasteiger partial charge in [0.15, 0.2) is 0 Å². The number of hydrogen-bond donors (Lipinski definition) is 1. The van der Waals surface area contributed by atoms with E-state index in [4.69, 9.17) is 10.5 Å².